The summed E-state index contributed by atoms with van der Waals surface area (Å²) >= 11 is 0. The molecule has 34 heavy (non-hydrogen) atoms. The smallest absolute Gasteiger partial charge is 0.316 e. The second-order valence-electron chi connectivity index (χ2n) is 8.92. The van der Waals surface area contributed by atoms with E-state index in [4.69, 9.17) is 4.74 Å². The molecular weight excluding hydrogens is 439 g/mol. The molecule has 0 spiro atoms. The van der Waals surface area contributed by atoms with Gasteiger partial charge < -0.3 is 9.64 Å². The molecule has 0 bridgehead atoms. The third kappa shape index (κ3) is 3.79. The molecule has 3 aliphatic rings. The Morgan fingerprint density at radius 1 is 0.971 bits per heavy atom. The zero-order valence-electron chi connectivity index (χ0n) is 18.6. The van der Waals surface area contributed by atoms with Crippen LogP contribution in [0, 0.1) is 30.5 Å². The summed E-state index contributed by atoms with van der Waals surface area (Å²) in [6.45, 7) is 1.90. The molecule has 1 aliphatic carbocycles. The number of amides is 3. The van der Waals surface area contributed by atoms with Crippen LogP contribution in [0.25, 0.3) is 0 Å². The van der Waals surface area contributed by atoms with Gasteiger partial charge in [0.1, 0.15) is 11.6 Å². The number of esters is 1. The average molecular weight is 462 g/mol. The van der Waals surface area contributed by atoms with Gasteiger partial charge in [-0.05, 0) is 67.8 Å². The van der Waals surface area contributed by atoms with Crippen molar-refractivity contribution in [3.8, 4) is 5.75 Å². The predicted molar refractivity (Wildman–Crippen MR) is 122 cm³/mol. The number of rotatable bonds is 4. The molecule has 3 amide bonds. The number of carbonyl (C=O) groups excluding carboxylic acids is 4. The number of ether oxygens (including phenoxy) is 1. The van der Waals surface area contributed by atoms with Gasteiger partial charge in [-0.25, -0.2) is 9.29 Å². The molecular formula is C26H23FN2O5. The average Bonchev–Trinajstić information content (AvgIpc) is 3.33. The molecule has 2 aromatic rings. The quantitative estimate of drug-likeness (QED) is 0.300. The molecule has 0 radical (unpaired) electrons. The van der Waals surface area contributed by atoms with E-state index < -0.39 is 17.7 Å². The van der Waals surface area contributed by atoms with Crippen molar-refractivity contribution in [1.82, 2.24) is 0 Å². The number of imide groups is 1. The summed E-state index contributed by atoms with van der Waals surface area (Å²) in [4.78, 5) is 53.5. The van der Waals surface area contributed by atoms with Crippen LogP contribution in [0.4, 0.5) is 15.8 Å². The van der Waals surface area contributed by atoms with Gasteiger partial charge in [0.25, 0.3) is 0 Å². The van der Waals surface area contributed by atoms with Crippen molar-refractivity contribution in [1.29, 1.82) is 0 Å². The zero-order valence-corrected chi connectivity index (χ0v) is 18.6. The van der Waals surface area contributed by atoms with E-state index in [-0.39, 0.29) is 48.3 Å². The molecule has 0 saturated carbocycles. The number of carbonyl (C=O) groups is 4. The van der Waals surface area contributed by atoms with Gasteiger partial charge in [0.15, 0.2) is 0 Å². The minimum absolute atomic E-state index is 0.000862. The van der Waals surface area contributed by atoms with E-state index in [1.165, 1.54) is 34.1 Å². The Labute approximate surface area is 195 Å². The second-order valence-corrected chi connectivity index (χ2v) is 8.92. The number of hydrogen-bond donors (Lipinski definition) is 0. The van der Waals surface area contributed by atoms with Gasteiger partial charge in [-0.3, -0.25) is 19.2 Å². The lowest BCUT2D eigenvalue weighted by Crippen LogP contribution is -2.31. The van der Waals surface area contributed by atoms with Crippen molar-refractivity contribution in [3.63, 3.8) is 0 Å². The van der Waals surface area contributed by atoms with Gasteiger partial charge in [-0.2, -0.15) is 0 Å². The summed E-state index contributed by atoms with van der Waals surface area (Å²) < 4.78 is 18.7. The van der Waals surface area contributed by atoms with Crippen molar-refractivity contribution in [2.75, 3.05) is 16.3 Å². The molecule has 0 N–H and O–H groups in total. The van der Waals surface area contributed by atoms with E-state index in [2.05, 4.69) is 0 Å². The number of hydrogen-bond acceptors (Lipinski definition) is 5. The Balaban J connectivity index is 1.28. The fourth-order valence-corrected chi connectivity index (χ4v) is 4.92. The Morgan fingerprint density at radius 3 is 2.24 bits per heavy atom. The van der Waals surface area contributed by atoms with Crippen LogP contribution in [0.1, 0.15) is 24.8 Å². The molecule has 2 heterocycles. The number of anilines is 2. The maximum atomic E-state index is 13.2. The van der Waals surface area contributed by atoms with Crippen LogP contribution in [0.2, 0.25) is 0 Å². The van der Waals surface area contributed by atoms with Crippen molar-refractivity contribution < 1.29 is 28.3 Å². The summed E-state index contributed by atoms with van der Waals surface area (Å²) in [7, 11) is 0. The van der Waals surface area contributed by atoms with E-state index in [9.17, 15) is 23.6 Å². The highest BCUT2D eigenvalue weighted by molar-refractivity contribution is 6.22. The third-order valence-electron chi connectivity index (χ3n) is 6.73. The fraction of sp³-hybridized carbons (Fsp3) is 0.308. The van der Waals surface area contributed by atoms with Crippen LogP contribution in [-0.4, -0.2) is 30.2 Å². The van der Waals surface area contributed by atoms with Crippen LogP contribution in [0.5, 0.6) is 5.75 Å². The van der Waals surface area contributed by atoms with Gasteiger partial charge in [-0.15, -0.1) is 0 Å². The zero-order chi connectivity index (χ0) is 24.0. The lowest BCUT2D eigenvalue weighted by atomic mass is 9.85. The Morgan fingerprint density at radius 2 is 1.62 bits per heavy atom. The van der Waals surface area contributed by atoms with Crippen molar-refractivity contribution >= 4 is 35.1 Å². The maximum Gasteiger partial charge on any atom is 0.316 e. The van der Waals surface area contributed by atoms with Crippen LogP contribution in [0.3, 0.4) is 0 Å². The minimum atomic E-state index is -0.658. The van der Waals surface area contributed by atoms with Crippen LogP contribution < -0.4 is 14.5 Å². The lowest BCUT2D eigenvalue weighted by Gasteiger charge is -2.19. The summed E-state index contributed by atoms with van der Waals surface area (Å²) in [5, 5.41) is 0. The predicted octanol–water partition coefficient (Wildman–Crippen LogP) is 3.55. The van der Waals surface area contributed by atoms with E-state index in [0.717, 1.165) is 0 Å². The van der Waals surface area contributed by atoms with Crippen LogP contribution >= 0.6 is 0 Å². The minimum Gasteiger partial charge on any atom is -0.426 e. The van der Waals surface area contributed by atoms with E-state index in [1.54, 1.807) is 25.1 Å². The molecule has 0 unspecified atom stereocenters. The molecule has 8 heteroatoms. The Bertz CT molecular complexity index is 1200. The van der Waals surface area contributed by atoms with Crippen molar-refractivity contribution in [2.24, 2.45) is 17.8 Å². The number of nitrogens with zero attached hydrogens (tertiary/aromatic N) is 2. The first kappa shape index (κ1) is 22.0. The molecule has 2 aliphatic heterocycles. The number of benzene rings is 2. The number of allylic oxidation sites excluding steroid dienone is 2. The molecule has 0 aromatic heterocycles. The third-order valence-corrected chi connectivity index (χ3v) is 6.73. The molecule has 2 fully saturated rings. The molecule has 174 valence electrons. The first-order valence-corrected chi connectivity index (χ1v) is 11.2. The molecule has 7 nitrogen and oxygen atoms in total. The Hall–Kier alpha value is -3.81. The first-order chi connectivity index (χ1) is 16.3. The first-order valence-electron chi connectivity index (χ1n) is 11.2. The van der Waals surface area contributed by atoms with Gasteiger partial charge in [0.2, 0.25) is 17.7 Å². The normalized spacial score (nSPS) is 24.1. The molecule has 3 atom stereocenters. The highest BCUT2D eigenvalue weighted by atomic mass is 19.1. The lowest BCUT2D eigenvalue weighted by molar-refractivity contribution is -0.139. The monoisotopic (exact) mass is 462 g/mol. The summed E-state index contributed by atoms with van der Waals surface area (Å²) in [6.07, 6.45) is 5.01. The van der Waals surface area contributed by atoms with E-state index >= 15 is 0 Å². The van der Waals surface area contributed by atoms with E-state index in [1.807, 2.05) is 12.2 Å². The summed E-state index contributed by atoms with van der Waals surface area (Å²) in [5.74, 6) is -2.60. The maximum absolute atomic E-state index is 13.2. The number of fused-ring (bicyclic) bond motifs is 1. The second kappa shape index (κ2) is 8.52. The number of halogens is 1. The summed E-state index contributed by atoms with van der Waals surface area (Å²) in [5.41, 5.74) is 1.65. The van der Waals surface area contributed by atoms with Crippen molar-refractivity contribution in [2.45, 2.75) is 26.2 Å². The van der Waals surface area contributed by atoms with Gasteiger partial charge in [0.05, 0.1) is 23.4 Å². The van der Waals surface area contributed by atoms with Gasteiger partial charge in [-0.1, -0.05) is 12.2 Å². The van der Waals surface area contributed by atoms with Gasteiger partial charge in [0, 0.05) is 18.7 Å². The number of aryl methyl sites for hydroxylation is 1. The van der Waals surface area contributed by atoms with Crippen LogP contribution in [0.15, 0.2) is 54.6 Å². The highest BCUT2D eigenvalue weighted by Crippen LogP contribution is 2.39. The highest BCUT2D eigenvalue weighted by Gasteiger charge is 2.48. The Kier molecular flexibility index (Phi) is 5.51. The van der Waals surface area contributed by atoms with Gasteiger partial charge >= 0.3 is 5.97 Å². The largest absolute Gasteiger partial charge is 0.426 e. The molecule has 5 rings (SSSR count). The fourth-order valence-electron chi connectivity index (χ4n) is 4.92. The molecule has 2 saturated heterocycles. The van der Waals surface area contributed by atoms with Crippen LogP contribution in [-0.2, 0) is 19.2 Å². The topological polar surface area (TPSA) is 84.0 Å². The van der Waals surface area contributed by atoms with Crippen molar-refractivity contribution in [3.05, 3.63) is 66.0 Å². The molecule has 2 aromatic carbocycles. The SMILES string of the molecule is Cc1cc(OC(=O)[C@@H]2CC(=O)N(c3ccc(F)cc3)C2)ccc1N1C(=O)[C@@H]2CC=CC[C@H]2C1=O. The standard InChI is InChI=1S/C26H23FN2O5/c1-15-12-19(10-11-22(15)29-24(31)20-4-2-3-5-21(20)25(29)32)34-26(33)16-13-23(30)28(14-16)18-8-6-17(27)7-9-18/h2-3,6-12,16,20-21H,4-5,13-14H2,1H3/t16-,20-,21-/m1/s1. The summed E-state index contributed by atoms with van der Waals surface area (Å²) in [6, 6.07) is 10.3. The van der Waals surface area contributed by atoms with E-state index in [0.29, 0.717) is 29.8 Å².